The predicted molar refractivity (Wildman–Crippen MR) is 267 cm³/mol. The van der Waals surface area contributed by atoms with Gasteiger partial charge in [0.15, 0.2) is 5.82 Å². The molecule has 0 unspecified atom stereocenters. The van der Waals surface area contributed by atoms with Crippen LogP contribution in [0, 0.1) is 0 Å². The van der Waals surface area contributed by atoms with E-state index in [-0.39, 0.29) is 5.41 Å². The third kappa shape index (κ3) is 4.87. The number of rotatable bonds is 4. The summed E-state index contributed by atoms with van der Waals surface area (Å²) in [7, 11) is 0. The Morgan fingerprint density at radius 1 is 0.391 bits per heavy atom. The molecule has 0 saturated carbocycles. The lowest BCUT2D eigenvalue weighted by molar-refractivity contribution is 0.661. The van der Waals surface area contributed by atoms with Crippen LogP contribution in [-0.2, 0) is 5.41 Å². The third-order valence-corrected chi connectivity index (χ3v) is 14.3. The van der Waals surface area contributed by atoms with Crippen LogP contribution in [-0.4, -0.2) is 14.5 Å². The third-order valence-electron chi connectivity index (χ3n) is 14.3. The fraction of sp³-hybridized carbons (Fsp3) is 0.0492. The summed E-state index contributed by atoms with van der Waals surface area (Å²) < 4.78 is 2.49. The van der Waals surface area contributed by atoms with E-state index in [1.807, 2.05) is 0 Å². The molecule has 298 valence electrons. The Bertz CT molecular complexity index is 3950. The summed E-state index contributed by atoms with van der Waals surface area (Å²) in [6.45, 7) is 4.78. The molecule has 12 aromatic rings. The van der Waals surface area contributed by atoms with E-state index in [1.54, 1.807) is 0 Å². The molecule has 14 rings (SSSR count). The highest BCUT2D eigenvalue weighted by atomic mass is 15.0. The molecule has 0 N–H and O–H groups in total. The number of hydrogen-bond acceptors (Lipinski definition) is 2. The van der Waals surface area contributed by atoms with Gasteiger partial charge in [0, 0.05) is 38.4 Å². The zero-order valence-corrected chi connectivity index (χ0v) is 35.4. The Morgan fingerprint density at radius 2 is 1.06 bits per heavy atom. The number of hydrogen-bond donors (Lipinski definition) is 0. The van der Waals surface area contributed by atoms with E-state index in [9.17, 15) is 0 Å². The molecule has 2 heterocycles. The molecular formula is C61H39N3. The lowest BCUT2D eigenvalue weighted by Crippen LogP contribution is -2.15. The molecule has 0 spiro atoms. The van der Waals surface area contributed by atoms with Crippen LogP contribution < -0.4 is 0 Å². The molecule has 3 nitrogen and oxygen atoms in total. The van der Waals surface area contributed by atoms with Crippen LogP contribution in [0.2, 0.25) is 0 Å². The van der Waals surface area contributed by atoms with Crippen LogP contribution in [0.25, 0.3) is 127 Å². The van der Waals surface area contributed by atoms with Crippen molar-refractivity contribution in [3.05, 3.63) is 211 Å². The monoisotopic (exact) mass is 813 g/mol. The van der Waals surface area contributed by atoms with E-state index >= 15 is 0 Å². The second kappa shape index (κ2) is 12.9. The van der Waals surface area contributed by atoms with Crippen molar-refractivity contribution in [2.75, 3.05) is 0 Å². The smallest absolute Gasteiger partial charge is 0.160 e. The first-order valence-electron chi connectivity index (χ1n) is 22.2. The Kier molecular flexibility index (Phi) is 7.17. The van der Waals surface area contributed by atoms with Crippen molar-refractivity contribution in [3.63, 3.8) is 0 Å². The van der Waals surface area contributed by atoms with Crippen LogP contribution in [0.1, 0.15) is 25.0 Å². The van der Waals surface area contributed by atoms with Crippen LogP contribution in [0.15, 0.2) is 200 Å². The van der Waals surface area contributed by atoms with Crippen LogP contribution in [0.4, 0.5) is 0 Å². The lowest BCUT2D eigenvalue weighted by atomic mass is 9.82. The van der Waals surface area contributed by atoms with E-state index in [1.165, 1.54) is 93.4 Å². The first kappa shape index (κ1) is 35.5. The van der Waals surface area contributed by atoms with Gasteiger partial charge in [0.05, 0.1) is 22.2 Å². The van der Waals surface area contributed by atoms with Gasteiger partial charge in [-0.05, 0) is 120 Å². The summed E-state index contributed by atoms with van der Waals surface area (Å²) in [5, 5.41) is 8.65. The SMILES string of the molecule is CC1(C)c2cc3c(cc2-c2c1ccc1ccccc21)c1ccccc1n3-c1cc(-c2nc(-c3ccccc3)c3ccccc3n2)cc(-c2ccc3c4c(cccc24)-c2ccccc2-3)c1. The highest BCUT2D eigenvalue weighted by molar-refractivity contribution is 6.19. The van der Waals surface area contributed by atoms with Crippen molar-refractivity contribution < 1.29 is 0 Å². The average Bonchev–Trinajstić information content (AvgIpc) is 3.94. The highest BCUT2D eigenvalue weighted by Gasteiger charge is 2.37. The van der Waals surface area contributed by atoms with E-state index in [0.717, 1.165) is 39.0 Å². The van der Waals surface area contributed by atoms with Crippen molar-refractivity contribution in [3.8, 4) is 72.8 Å². The lowest BCUT2D eigenvalue weighted by Gasteiger charge is -2.22. The first-order chi connectivity index (χ1) is 31.5. The molecule has 64 heavy (non-hydrogen) atoms. The molecule has 2 aliphatic carbocycles. The topological polar surface area (TPSA) is 30.7 Å². The molecule has 0 saturated heterocycles. The second-order valence-electron chi connectivity index (χ2n) is 18.1. The number of aromatic nitrogens is 3. The molecular weight excluding hydrogens is 775 g/mol. The fourth-order valence-corrected chi connectivity index (χ4v) is 11.4. The quantitative estimate of drug-likeness (QED) is 0.177. The highest BCUT2D eigenvalue weighted by Crippen LogP contribution is 2.54. The summed E-state index contributed by atoms with van der Waals surface area (Å²) in [5.74, 6) is 0.698. The number of para-hydroxylation sites is 2. The van der Waals surface area contributed by atoms with Crippen molar-refractivity contribution >= 4 is 54.3 Å². The van der Waals surface area contributed by atoms with Gasteiger partial charge in [-0.1, -0.05) is 172 Å². The molecule has 10 aromatic carbocycles. The normalized spacial score (nSPS) is 13.3. The van der Waals surface area contributed by atoms with E-state index < -0.39 is 0 Å². The maximum absolute atomic E-state index is 5.44. The minimum atomic E-state index is -0.188. The molecule has 3 heteroatoms. The largest absolute Gasteiger partial charge is 0.309 e. The van der Waals surface area contributed by atoms with Gasteiger partial charge in [-0.15, -0.1) is 0 Å². The molecule has 0 bridgehead atoms. The minimum absolute atomic E-state index is 0.188. The van der Waals surface area contributed by atoms with Gasteiger partial charge in [0.2, 0.25) is 0 Å². The molecule has 0 fully saturated rings. The first-order valence-corrected chi connectivity index (χ1v) is 22.2. The maximum Gasteiger partial charge on any atom is 0.160 e. The van der Waals surface area contributed by atoms with Crippen molar-refractivity contribution in [2.24, 2.45) is 0 Å². The van der Waals surface area contributed by atoms with Crippen molar-refractivity contribution in [2.45, 2.75) is 19.3 Å². The second-order valence-corrected chi connectivity index (χ2v) is 18.1. The van der Waals surface area contributed by atoms with Crippen LogP contribution in [0.3, 0.4) is 0 Å². The van der Waals surface area contributed by atoms with Crippen molar-refractivity contribution in [1.29, 1.82) is 0 Å². The number of nitrogens with zero attached hydrogens (tertiary/aromatic N) is 3. The predicted octanol–water partition coefficient (Wildman–Crippen LogP) is 16.0. The van der Waals surface area contributed by atoms with E-state index in [2.05, 4.69) is 219 Å². The molecule has 0 radical (unpaired) electrons. The zero-order chi connectivity index (χ0) is 42.3. The standard InChI is InChI=1S/C61H39N3/c1-61(2)52-30-27-36-15-6-7-18-42(36)58(52)51-34-50-45-21-11-13-26-55(45)64(56(50)35-53(51)61)40-32-38(41-28-29-48-44-20-9-8-19-43(44)47-24-14-23-46(41)57(47)48)31-39(33-40)60-62-54-25-12-10-22-49(54)59(63-60)37-16-4-3-5-17-37/h3-35H,1-2H3. The maximum atomic E-state index is 5.44. The van der Waals surface area contributed by atoms with Crippen LogP contribution >= 0.6 is 0 Å². The number of fused-ring (bicyclic) bond motifs is 12. The Hall–Kier alpha value is -8.14. The van der Waals surface area contributed by atoms with Gasteiger partial charge in [-0.2, -0.15) is 0 Å². The molecule has 2 aromatic heterocycles. The van der Waals surface area contributed by atoms with Crippen molar-refractivity contribution in [1.82, 2.24) is 14.5 Å². The van der Waals surface area contributed by atoms with Crippen LogP contribution in [0.5, 0.6) is 0 Å². The summed E-state index contributed by atoms with van der Waals surface area (Å²) >= 11 is 0. The minimum Gasteiger partial charge on any atom is -0.309 e. The summed E-state index contributed by atoms with van der Waals surface area (Å²) in [4.78, 5) is 10.8. The average molecular weight is 814 g/mol. The van der Waals surface area contributed by atoms with Gasteiger partial charge in [-0.3, -0.25) is 0 Å². The van der Waals surface area contributed by atoms with Gasteiger partial charge < -0.3 is 4.57 Å². The van der Waals surface area contributed by atoms with E-state index in [0.29, 0.717) is 5.82 Å². The van der Waals surface area contributed by atoms with Gasteiger partial charge in [0.1, 0.15) is 0 Å². The van der Waals surface area contributed by atoms with E-state index in [4.69, 9.17) is 9.97 Å². The molecule has 0 amide bonds. The molecule has 0 atom stereocenters. The fourth-order valence-electron chi connectivity index (χ4n) is 11.4. The van der Waals surface area contributed by atoms with Gasteiger partial charge in [-0.25, -0.2) is 9.97 Å². The van der Waals surface area contributed by atoms with Gasteiger partial charge in [0.25, 0.3) is 0 Å². The molecule has 2 aliphatic rings. The molecule has 0 aliphatic heterocycles. The number of benzene rings is 10. The summed E-state index contributed by atoms with van der Waals surface area (Å²) in [6.07, 6.45) is 0. The summed E-state index contributed by atoms with van der Waals surface area (Å²) in [5.41, 5.74) is 20.0. The summed E-state index contributed by atoms with van der Waals surface area (Å²) in [6, 6.07) is 73.5. The zero-order valence-electron chi connectivity index (χ0n) is 35.4. The Balaban J connectivity index is 1.07. The Labute approximate surface area is 370 Å². The Morgan fingerprint density at radius 3 is 1.92 bits per heavy atom. The van der Waals surface area contributed by atoms with Gasteiger partial charge >= 0.3 is 0 Å².